The van der Waals surface area contributed by atoms with Gasteiger partial charge in [0, 0.05) is 28.0 Å². The third kappa shape index (κ3) is 5.77. The fourth-order valence-corrected chi connectivity index (χ4v) is 3.09. The first-order valence-corrected chi connectivity index (χ1v) is 8.81. The first-order chi connectivity index (χ1) is 10.1. The zero-order valence-corrected chi connectivity index (χ0v) is 14.4. The molecule has 0 atom stereocenters. The average molecular weight is 399 g/mol. The van der Waals surface area contributed by atoms with Crippen LogP contribution in [-0.4, -0.2) is 17.7 Å². The molecule has 114 valence electrons. The molecule has 1 aromatic carbocycles. The van der Waals surface area contributed by atoms with Gasteiger partial charge in [-0.25, -0.2) is 0 Å². The Morgan fingerprint density at radius 2 is 1.62 bits per heavy atom. The van der Waals surface area contributed by atoms with Gasteiger partial charge in [0.1, 0.15) is 0 Å². The Labute approximate surface area is 140 Å². The quantitative estimate of drug-likeness (QED) is 0.461. The van der Waals surface area contributed by atoms with Crippen LogP contribution < -0.4 is 5.32 Å². The molecule has 3 nitrogen and oxygen atoms in total. The smallest absolute Gasteiger partial charge is 0.220 e. The van der Waals surface area contributed by atoms with Gasteiger partial charge in [0.05, 0.1) is 0 Å². The fraction of sp³-hybridized carbons (Fsp3) is 0.529. The average Bonchev–Trinajstić information content (AvgIpc) is 2.74. The lowest BCUT2D eigenvalue weighted by Gasteiger charge is -2.15. The maximum absolute atomic E-state index is 12.0. The third-order valence-corrected chi connectivity index (χ3v) is 4.68. The van der Waals surface area contributed by atoms with Crippen LogP contribution in [0.25, 0.3) is 0 Å². The highest BCUT2D eigenvalue weighted by Crippen LogP contribution is 2.17. The fourth-order valence-electron chi connectivity index (χ4n) is 2.73. The number of carbonyl (C=O) groups excluding carboxylic acids is 2. The lowest BCUT2D eigenvalue weighted by Crippen LogP contribution is -2.34. The number of amides is 1. The van der Waals surface area contributed by atoms with Crippen molar-refractivity contribution in [3.63, 3.8) is 0 Å². The van der Waals surface area contributed by atoms with Gasteiger partial charge >= 0.3 is 0 Å². The van der Waals surface area contributed by atoms with Gasteiger partial charge in [-0.3, -0.25) is 9.59 Å². The minimum atomic E-state index is 0.0146. The van der Waals surface area contributed by atoms with E-state index in [2.05, 4.69) is 27.9 Å². The summed E-state index contributed by atoms with van der Waals surface area (Å²) in [6.45, 7) is 0. The standard InChI is InChI=1S/C17H22INO2/c18-14-9-7-13(8-10-14)16(20)11-12-17(21)19-15-5-3-1-2-4-6-15/h7-10,15H,1-6,11-12H2,(H,19,21). The molecule has 1 saturated carbocycles. The van der Waals surface area contributed by atoms with Crippen molar-refractivity contribution in [3.8, 4) is 0 Å². The maximum Gasteiger partial charge on any atom is 0.220 e. The first-order valence-electron chi connectivity index (χ1n) is 7.73. The van der Waals surface area contributed by atoms with E-state index < -0.39 is 0 Å². The first kappa shape index (κ1) is 16.5. The maximum atomic E-state index is 12.0. The van der Waals surface area contributed by atoms with E-state index in [1.54, 1.807) is 0 Å². The molecule has 0 heterocycles. The van der Waals surface area contributed by atoms with Crippen LogP contribution in [0, 0.1) is 3.57 Å². The number of Topliss-reactive ketones (excluding diaryl/α,β-unsaturated/α-hetero) is 1. The second-order valence-electron chi connectivity index (χ2n) is 5.69. The largest absolute Gasteiger partial charge is 0.353 e. The normalized spacial score (nSPS) is 16.2. The van der Waals surface area contributed by atoms with Crippen molar-refractivity contribution < 1.29 is 9.59 Å². The summed E-state index contributed by atoms with van der Waals surface area (Å²) >= 11 is 2.21. The second-order valence-corrected chi connectivity index (χ2v) is 6.93. The van der Waals surface area contributed by atoms with Gasteiger partial charge in [0.25, 0.3) is 0 Å². The predicted octanol–water partition coefficient (Wildman–Crippen LogP) is 4.09. The van der Waals surface area contributed by atoms with Crippen molar-refractivity contribution in [2.75, 3.05) is 0 Å². The molecule has 1 N–H and O–H groups in total. The molecule has 1 aliphatic carbocycles. The van der Waals surface area contributed by atoms with Crippen molar-refractivity contribution >= 4 is 34.3 Å². The van der Waals surface area contributed by atoms with Crippen LogP contribution in [0.3, 0.4) is 0 Å². The molecule has 0 bridgehead atoms. The van der Waals surface area contributed by atoms with Crippen LogP contribution in [0.4, 0.5) is 0 Å². The Kier molecular flexibility index (Phi) is 6.67. The Morgan fingerprint density at radius 3 is 2.24 bits per heavy atom. The molecule has 1 aliphatic rings. The summed E-state index contributed by atoms with van der Waals surface area (Å²) in [5, 5.41) is 3.08. The highest BCUT2D eigenvalue weighted by Gasteiger charge is 2.15. The molecular weight excluding hydrogens is 377 g/mol. The van der Waals surface area contributed by atoms with Gasteiger partial charge in [-0.1, -0.05) is 37.8 Å². The highest BCUT2D eigenvalue weighted by molar-refractivity contribution is 14.1. The Bertz CT molecular complexity index is 476. The van der Waals surface area contributed by atoms with Gasteiger partial charge in [-0.05, 0) is 47.6 Å². The summed E-state index contributed by atoms with van der Waals surface area (Å²) in [6.07, 6.45) is 7.70. The van der Waals surface area contributed by atoms with Crippen molar-refractivity contribution in [1.29, 1.82) is 0 Å². The van der Waals surface area contributed by atoms with Crippen LogP contribution in [0.15, 0.2) is 24.3 Å². The number of halogens is 1. The van der Waals surface area contributed by atoms with Gasteiger partial charge in [-0.2, -0.15) is 0 Å². The molecule has 0 saturated heterocycles. The van der Waals surface area contributed by atoms with Crippen LogP contribution in [0.5, 0.6) is 0 Å². The number of nitrogens with one attached hydrogen (secondary N) is 1. The van der Waals surface area contributed by atoms with E-state index in [-0.39, 0.29) is 11.7 Å². The SMILES string of the molecule is O=C(CCC(=O)c1ccc(I)cc1)NC1CCCCCC1. The van der Waals surface area contributed by atoms with Gasteiger partial charge < -0.3 is 5.32 Å². The molecule has 4 heteroatoms. The van der Waals surface area contributed by atoms with Crippen LogP contribution in [0.2, 0.25) is 0 Å². The van der Waals surface area contributed by atoms with Crippen molar-refractivity contribution in [3.05, 3.63) is 33.4 Å². The van der Waals surface area contributed by atoms with Crippen LogP contribution in [-0.2, 0) is 4.79 Å². The number of ketones is 1. The van der Waals surface area contributed by atoms with E-state index >= 15 is 0 Å². The second kappa shape index (κ2) is 8.51. The van der Waals surface area contributed by atoms with Gasteiger partial charge in [0.15, 0.2) is 5.78 Å². The molecule has 0 radical (unpaired) electrons. The number of carbonyl (C=O) groups is 2. The van der Waals surface area contributed by atoms with E-state index in [0.29, 0.717) is 24.4 Å². The van der Waals surface area contributed by atoms with E-state index in [9.17, 15) is 9.59 Å². The molecule has 0 aliphatic heterocycles. The van der Waals surface area contributed by atoms with Crippen LogP contribution in [0.1, 0.15) is 61.7 Å². The summed E-state index contributed by atoms with van der Waals surface area (Å²) < 4.78 is 1.11. The van der Waals surface area contributed by atoms with E-state index in [0.717, 1.165) is 16.4 Å². The Morgan fingerprint density at radius 1 is 1.00 bits per heavy atom. The van der Waals surface area contributed by atoms with Crippen molar-refractivity contribution in [2.45, 2.75) is 57.4 Å². The van der Waals surface area contributed by atoms with E-state index in [1.807, 2.05) is 24.3 Å². The molecule has 0 spiro atoms. The number of benzene rings is 1. The monoisotopic (exact) mass is 399 g/mol. The molecule has 1 aromatic rings. The summed E-state index contributed by atoms with van der Waals surface area (Å²) in [5.41, 5.74) is 0.692. The molecular formula is C17H22INO2. The van der Waals surface area contributed by atoms with Crippen molar-refractivity contribution in [2.24, 2.45) is 0 Å². The number of rotatable bonds is 5. The van der Waals surface area contributed by atoms with E-state index in [4.69, 9.17) is 0 Å². The molecule has 0 unspecified atom stereocenters. The van der Waals surface area contributed by atoms with Crippen LogP contribution >= 0.6 is 22.6 Å². The predicted molar refractivity (Wildman–Crippen MR) is 92.4 cm³/mol. The highest BCUT2D eigenvalue weighted by atomic mass is 127. The summed E-state index contributed by atoms with van der Waals surface area (Å²) in [5.74, 6) is 0.0585. The minimum Gasteiger partial charge on any atom is -0.353 e. The molecule has 2 rings (SSSR count). The molecule has 1 fully saturated rings. The number of hydrogen-bond acceptors (Lipinski definition) is 2. The topological polar surface area (TPSA) is 46.2 Å². The molecule has 0 aromatic heterocycles. The Hall–Kier alpha value is -0.910. The molecule has 1 amide bonds. The minimum absolute atomic E-state index is 0.0146. The summed E-state index contributed by atoms with van der Waals surface area (Å²) in [4.78, 5) is 24.0. The number of hydrogen-bond donors (Lipinski definition) is 1. The summed E-state index contributed by atoms with van der Waals surface area (Å²) in [7, 11) is 0. The van der Waals surface area contributed by atoms with E-state index in [1.165, 1.54) is 25.7 Å². The summed E-state index contributed by atoms with van der Waals surface area (Å²) in [6, 6.07) is 7.80. The lowest BCUT2D eigenvalue weighted by molar-refractivity contribution is -0.121. The van der Waals surface area contributed by atoms with Gasteiger partial charge in [0.2, 0.25) is 5.91 Å². The zero-order valence-electron chi connectivity index (χ0n) is 12.2. The molecule has 21 heavy (non-hydrogen) atoms. The van der Waals surface area contributed by atoms with Gasteiger partial charge in [-0.15, -0.1) is 0 Å². The zero-order chi connectivity index (χ0) is 15.1. The lowest BCUT2D eigenvalue weighted by atomic mass is 10.1. The third-order valence-electron chi connectivity index (χ3n) is 3.97. The van der Waals surface area contributed by atoms with Crippen molar-refractivity contribution in [1.82, 2.24) is 5.32 Å². The Balaban J connectivity index is 1.75.